The van der Waals surface area contributed by atoms with Crippen molar-refractivity contribution in [1.82, 2.24) is 14.5 Å². The molecule has 2 heterocycles. The Kier molecular flexibility index (Phi) is 5.49. The molecule has 3 N–H and O–H groups in total. The molecule has 31 heavy (non-hydrogen) atoms. The molecule has 0 saturated heterocycles. The van der Waals surface area contributed by atoms with Gasteiger partial charge in [-0.1, -0.05) is 35.4 Å². The first kappa shape index (κ1) is 21.3. The number of carbonyl (C=O) groups excluding carboxylic acids is 1. The van der Waals surface area contributed by atoms with Crippen molar-refractivity contribution >= 4 is 29.0 Å². The predicted octanol–water partition coefficient (Wildman–Crippen LogP) is 4.47. The molecule has 1 aliphatic rings. The van der Waals surface area contributed by atoms with E-state index in [1.54, 1.807) is 24.8 Å². The van der Waals surface area contributed by atoms with Crippen molar-refractivity contribution in [1.29, 1.82) is 0 Å². The highest BCUT2D eigenvalue weighted by atomic mass is 35.5. The van der Waals surface area contributed by atoms with Crippen LogP contribution in [-0.4, -0.2) is 32.4 Å². The minimum absolute atomic E-state index is 0.0581. The molecule has 162 valence electrons. The van der Waals surface area contributed by atoms with Gasteiger partial charge in [0.1, 0.15) is 23.2 Å². The van der Waals surface area contributed by atoms with Crippen molar-refractivity contribution in [2.24, 2.45) is 5.73 Å². The number of nitrogens with one attached hydrogen (secondary N) is 1. The number of benzene rings is 2. The molecule has 1 amide bonds. The minimum atomic E-state index is -0.958. The molecule has 0 spiro atoms. The number of amides is 1. The van der Waals surface area contributed by atoms with E-state index in [1.165, 1.54) is 12.1 Å². The lowest BCUT2D eigenvalue weighted by atomic mass is 10.1. The number of hydrogen-bond donors (Lipinski definition) is 2. The molecule has 0 atom stereocenters. The maximum atomic E-state index is 14.2. The standard InChI is InChI=1S/C23H25ClFN5O/c1-14-4-7-16(8-5-14)27-21-20(15-6-9-17(24)18(25)12-15)28-19-13-29(10-11-30(19)21)22(31)23(2,3)26/h4-9,12,27H,10-11,13,26H2,1-3H3. The van der Waals surface area contributed by atoms with E-state index in [0.29, 0.717) is 36.7 Å². The number of halogens is 2. The molecular formula is C23H25ClFN5O. The number of imidazole rings is 1. The van der Waals surface area contributed by atoms with Crippen molar-refractivity contribution in [3.63, 3.8) is 0 Å². The largest absolute Gasteiger partial charge is 0.340 e. The van der Waals surface area contributed by atoms with Crippen molar-refractivity contribution in [2.45, 2.75) is 39.4 Å². The summed E-state index contributed by atoms with van der Waals surface area (Å²) in [6.07, 6.45) is 0. The lowest BCUT2D eigenvalue weighted by molar-refractivity contribution is -0.137. The molecule has 0 bridgehead atoms. The van der Waals surface area contributed by atoms with Crippen molar-refractivity contribution in [3.05, 3.63) is 64.7 Å². The molecule has 8 heteroatoms. The number of aryl methyl sites for hydroxylation is 1. The van der Waals surface area contributed by atoms with E-state index >= 15 is 0 Å². The molecule has 4 rings (SSSR count). The Labute approximate surface area is 185 Å². The number of nitrogens with two attached hydrogens (primary N) is 1. The van der Waals surface area contributed by atoms with Gasteiger partial charge in [-0.3, -0.25) is 4.79 Å². The highest BCUT2D eigenvalue weighted by molar-refractivity contribution is 6.30. The van der Waals surface area contributed by atoms with Crippen LogP contribution in [0.5, 0.6) is 0 Å². The average Bonchev–Trinajstić information content (AvgIpc) is 3.08. The summed E-state index contributed by atoms with van der Waals surface area (Å²) in [5.74, 6) is 0.825. The van der Waals surface area contributed by atoms with Crippen molar-refractivity contribution < 1.29 is 9.18 Å². The molecule has 3 aromatic rings. The monoisotopic (exact) mass is 441 g/mol. The molecule has 6 nitrogen and oxygen atoms in total. The van der Waals surface area contributed by atoms with E-state index in [2.05, 4.69) is 5.32 Å². The SMILES string of the molecule is Cc1ccc(Nc2c(-c3ccc(Cl)c(F)c3)nc3n2CCN(C(=O)C(C)(C)N)C3)cc1. The number of hydrogen-bond acceptors (Lipinski definition) is 4. The predicted molar refractivity (Wildman–Crippen MR) is 121 cm³/mol. The molecule has 0 radical (unpaired) electrons. The number of carbonyl (C=O) groups is 1. The second kappa shape index (κ2) is 7.98. The van der Waals surface area contributed by atoms with E-state index in [9.17, 15) is 9.18 Å². The van der Waals surface area contributed by atoms with Gasteiger partial charge in [-0.05, 0) is 45.0 Å². The zero-order valence-electron chi connectivity index (χ0n) is 17.7. The summed E-state index contributed by atoms with van der Waals surface area (Å²) in [7, 11) is 0. The Morgan fingerprint density at radius 3 is 2.55 bits per heavy atom. The topological polar surface area (TPSA) is 76.2 Å². The van der Waals surface area contributed by atoms with Crippen LogP contribution in [0, 0.1) is 12.7 Å². The van der Waals surface area contributed by atoms with E-state index in [-0.39, 0.29) is 10.9 Å². The smallest absolute Gasteiger partial charge is 0.242 e. The molecule has 0 saturated carbocycles. The molecule has 0 aliphatic carbocycles. The van der Waals surface area contributed by atoms with Crippen LogP contribution in [0.25, 0.3) is 11.3 Å². The summed E-state index contributed by atoms with van der Waals surface area (Å²) in [6.45, 7) is 6.81. The average molecular weight is 442 g/mol. The maximum absolute atomic E-state index is 14.2. The van der Waals surface area contributed by atoms with Gasteiger partial charge in [0.05, 0.1) is 17.1 Å². The third-order valence-electron chi connectivity index (χ3n) is 5.32. The maximum Gasteiger partial charge on any atom is 0.242 e. The zero-order chi connectivity index (χ0) is 22.3. The summed E-state index contributed by atoms with van der Waals surface area (Å²) in [5, 5.41) is 3.49. The van der Waals surface area contributed by atoms with E-state index < -0.39 is 11.4 Å². The minimum Gasteiger partial charge on any atom is -0.340 e. The van der Waals surface area contributed by atoms with Crippen LogP contribution >= 0.6 is 11.6 Å². The fourth-order valence-electron chi connectivity index (χ4n) is 3.66. The van der Waals surface area contributed by atoms with E-state index in [1.807, 2.05) is 35.8 Å². The molecule has 0 fully saturated rings. The molecule has 1 aromatic heterocycles. The lowest BCUT2D eigenvalue weighted by Gasteiger charge is -2.33. The summed E-state index contributed by atoms with van der Waals surface area (Å²) in [4.78, 5) is 19.2. The first-order valence-electron chi connectivity index (χ1n) is 10.1. The van der Waals surface area contributed by atoms with Crippen LogP contribution in [0.15, 0.2) is 42.5 Å². The van der Waals surface area contributed by atoms with Gasteiger partial charge in [0.25, 0.3) is 0 Å². The second-order valence-corrected chi connectivity index (χ2v) is 8.85. The summed E-state index contributed by atoms with van der Waals surface area (Å²) < 4.78 is 16.2. The highest BCUT2D eigenvalue weighted by Gasteiger charge is 2.32. The Hall–Kier alpha value is -2.90. The zero-order valence-corrected chi connectivity index (χ0v) is 18.5. The van der Waals surface area contributed by atoms with Crippen LogP contribution in [-0.2, 0) is 17.9 Å². The van der Waals surface area contributed by atoms with Crippen molar-refractivity contribution in [3.8, 4) is 11.3 Å². The number of rotatable bonds is 4. The Morgan fingerprint density at radius 2 is 1.90 bits per heavy atom. The Balaban J connectivity index is 1.77. The van der Waals surface area contributed by atoms with Gasteiger partial charge >= 0.3 is 0 Å². The van der Waals surface area contributed by atoms with E-state index in [0.717, 1.165) is 17.1 Å². The third-order valence-corrected chi connectivity index (χ3v) is 5.62. The second-order valence-electron chi connectivity index (χ2n) is 8.45. The van der Waals surface area contributed by atoms with Gasteiger partial charge in [-0.15, -0.1) is 0 Å². The molecule has 1 aliphatic heterocycles. The Morgan fingerprint density at radius 1 is 1.19 bits per heavy atom. The van der Waals surface area contributed by atoms with Gasteiger partial charge in [-0.25, -0.2) is 9.37 Å². The number of nitrogens with zero attached hydrogens (tertiary/aromatic N) is 3. The summed E-state index contributed by atoms with van der Waals surface area (Å²) in [6, 6.07) is 12.6. The number of anilines is 2. The van der Waals surface area contributed by atoms with Gasteiger partial charge in [0, 0.05) is 24.3 Å². The van der Waals surface area contributed by atoms with E-state index in [4.69, 9.17) is 22.3 Å². The van der Waals surface area contributed by atoms with Gasteiger partial charge in [0.15, 0.2) is 0 Å². The first-order chi connectivity index (χ1) is 14.6. The summed E-state index contributed by atoms with van der Waals surface area (Å²) in [5.41, 5.74) is 8.32. The number of fused-ring (bicyclic) bond motifs is 1. The molecular weight excluding hydrogens is 417 g/mol. The van der Waals surface area contributed by atoms with Crippen LogP contribution in [0.3, 0.4) is 0 Å². The van der Waals surface area contributed by atoms with Gasteiger partial charge in [-0.2, -0.15) is 0 Å². The van der Waals surface area contributed by atoms with Crippen LogP contribution in [0.1, 0.15) is 25.2 Å². The first-order valence-corrected chi connectivity index (χ1v) is 10.5. The fraction of sp³-hybridized carbons (Fsp3) is 0.304. The Bertz CT molecular complexity index is 1130. The van der Waals surface area contributed by atoms with Gasteiger partial charge in [0.2, 0.25) is 5.91 Å². The normalized spacial score (nSPS) is 13.8. The van der Waals surface area contributed by atoms with Crippen LogP contribution in [0.4, 0.5) is 15.9 Å². The fourth-order valence-corrected chi connectivity index (χ4v) is 3.77. The molecule has 0 unspecified atom stereocenters. The third kappa shape index (κ3) is 4.29. The van der Waals surface area contributed by atoms with Crippen LogP contribution < -0.4 is 11.1 Å². The van der Waals surface area contributed by atoms with Crippen molar-refractivity contribution in [2.75, 3.05) is 11.9 Å². The lowest BCUT2D eigenvalue weighted by Crippen LogP contribution is -2.52. The molecule has 2 aromatic carbocycles. The van der Waals surface area contributed by atoms with Crippen LogP contribution in [0.2, 0.25) is 5.02 Å². The quantitative estimate of drug-likeness (QED) is 0.626. The van der Waals surface area contributed by atoms with Gasteiger partial charge < -0.3 is 20.5 Å². The summed E-state index contributed by atoms with van der Waals surface area (Å²) >= 11 is 5.88. The highest BCUT2D eigenvalue weighted by Crippen LogP contribution is 2.34. The number of aromatic nitrogens is 2.